The Bertz CT molecular complexity index is 2160. The number of allylic oxidation sites excluding steroid dienone is 11. The zero-order valence-electron chi connectivity index (χ0n) is 29.1. The van der Waals surface area contributed by atoms with Crippen LogP contribution in [0.2, 0.25) is 0 Å². The minimum absolute atomic E-state index is 0.00472. The van der Waals surface area contributed by atoms with Gasteiger partial charge in [0, 0.05) is 75.6 Å². The summed E-state index contributed by atoms with van der Waals surface area (Å²) in [6.45, 7) is 10.1. The summed E-state index contributed by atoms with van der Waals surface area (Å²) >= 11 is 1.40. The number of nitrogens with one attached hydrogen (secondary N) is 1. The van der Waals surface area contributed by atoms with Crippen molar-refractivity contribution in [2.75, 3.05) is 5.75 Å². The molecular formula is C39H39N5O6S. The van der Waals surface area contributed by atoms with Gasteiger partial charge in [-0.15, -0.1) is 11.8 Å². The Morgan fingerprint density at radius 3 is 2.43 bits per heavy atom. The number of nitrogens with zero attached hydrogens (tertiary/aromatic N) is 4. The van der Waals surface area contributed by atoms with Crippen molar-refractivity contribution >= 4 is 40.6 Å². The molecule has 51 heavy (non-hydrogen) atoms. The fourth-order valence-electron chi connectivity index (χ4n) is 7.75. The van der Waals surface area contributed by atoms with Crippen LogP contribution in [-0.4, -0.2) is 55.2 Å². The summed E-state index contributed by atoms with van der Waals surface area (Å²) in [5, 5.41) is 47.4. The van der Waals surface area contributed by atoms with E-state index in [0.29, 0.717) is 41.3 Å². The van der Waals surface area contributed by atoms with Crippen LogP contribution in [0.1, 0.15) is 60.3 Å². The molecule has 6 aliphatic rings. The normalized spacial score (nSPS) is 23.0. The third-order valence-corrected chi connectivity index (χ3v) is 11.6. The van der Waals surface area contributed by atoms with Gasteiger partial charge in [-0.2, -0.15) is 0 Å². The fraction of sp³-hybridized carbons (Fsp3) is 0.333. The number of carboxylic acids is 1. The molecule has 11 nitrogen and oxygen atoms in total. The lowest BCUT2D eigenvalue weighted by atomic mass is 9.86. The number of non-ortho nitro benzene ring substituents is 1. The molecule has 1 fully saturated rings. The number of carboxylic acid groups (broad SMARTS) is 1. The van der Waals surface area contributed by atoms with Gasteiger partial charge in [-0.25, -0.2) is 15.0 Å². The predicted octanol–water partition coefficient (Wildman–Crippen LogP) is 7.58. The van der Waals surface area contributed by atoms with Crippen molar-refractivity contribution in [3.05, 3.63) is 126 Å². The number of fused-ring (bicyclic) bond motifs is 5. The summed E-state index contributed by atoms with van der Waals surface area (Å²) in [6.07, 6.45) is 6.42. The minimum atomic E-state index is -0.912. The lowest BCUT2D eigenvalue weighted by Gasteiger charge is -2.17. The molecule has 8 bridgehead atoms. The third-order valence-electron chi connectivity index (χ3n) is 10.6. The number of aliphatic hydroxyl groups is 2. The lowest BCUT2D eigenvalue weighted by Crippen LogP contribution is -2.16. The van der Waals surface area contributed by atoms with Crippen LogP contribution in [0.4, 0.5) is 5.69 Å². The second kappa shape index (κ2) is 13.2. The van der Waals surface area contributed by atoms with E-state index in [1.54, 1.807) is 12.1 Å². The van der Waals surface area contributed by atoms with Crippen molar-refractivity contribution in [1.82, 2.24) is 5.32 Å². The standard InChI is InChI=1S/C39H39N5O6S/c1-6-24-18(2)27-16-32-36(34(46)17-51-23-9-7-22(8-10-23)44(49)50)20(4)29(41-32)14-28-19(3)25(11-12-35(47)48)38(42-28)26-13-33(45)37-21(5)30(43-39(26)37)15-31(24)40-27/h7-10,14-16,19,25,34,42,45-46H,6,11-13,17H2,1-5H3,(H,47,48)/t19-,25-,34?/m0/s1. The van der Waals surface area contributed by atoms with E-state index < -0.39 is 17.0 Å². The number of nitro benzene ring substituents is 1. The first-order valence-electron chi connectivity index (χ1n) is 17.1. The van der Waals surface area contributed by atoms with E-state index >= 15 is 0 Å². The zero-order valence-corrected chi connectivity index (χ0v) is 29.9. The number of aliphatic hydroxyl groups excluding tert-OH is 2. The lowest BCUT2D eigenvalue weighted by molar-refractivity contribution is -0.384. The number of nitro groups is 1. The maximum Gasteiger partial charge on any atom is 0.303 e. The van der Waals surface area contributed by atoms with Crippen LogP contribution in [0, 0.1) is 22.0 Å². The number of hydrogen-bond donors (Lipinski definition) is 4. The molecule has 0 aromatic heterocycles. The molecule has 1 aromatic rings. The van der Waals surface area contributed by atoms with Crippen LogP contribution < -0.4 is 5.32 Å². The van der Waals surface area contributed by atoms with Gasteiger partial charge in [0.1, 0.15) is 5.76 Å². The highest BCUT2D eigenvalue weighted by Gasteiger charge is 2.41. The van der Waals surface area contributed by atoms with E-state index in [4.69, 9.17) is 15.0 Å². The van der Waals surface area contributed by atoms with Crippen LogP contribution >= 0.6 is 11.8 Å². The highest BCUT2D eigenvalue weighted by atomic mass is 32.2. The van der Waals surface area contributed by atoms with Crippen molar-refractivity contribution < 1.29 is 25.0 Å². The first kappa shape index (κ1) is 34.4. The molecule has 1 aromatic carbocycles. The van der Waals surface area contributed by atoms with E-state index in [-0.39, 0.29) is 29.7 Å². The first-order valence-corrected chi connectivity index (χ1v) is 18.1. The Morgan fingerprint density at radius 1 is 1.04 bits per heavy atom. The third kappa shape index (κ3) is 6.06. The van der Waals surface area contributed by atoms with Crippen molar-refractivity contribution in [1.29, 1.82) is 0 Å². The average molecular weight is 706 g/mol. The Morgan fingerprint density at radius 2 is 1.75 bits per heavy atom. The molecule has 3 atom stereocenters. The summed E-state index contributed by atoms with van der Waals surface area (Å²) in [7, 11) is 0. The number of hydrogen-bond acceptors (Lipinski definition) is 10. The summed E-state index contributed by atoms with van der Waals surface area (Å²) in [4.78, 5) is 38.4. The number of thioether (sulfide) groups is 1. The van der Waals surface area contributed by atoms with Crippen molar-refractivity contribution in [3.63, 3.8) is 0 Å². The van der Waals surface area contributed by atoms with Crippen LogP contribution in [0.25, 0.3) is 0 Å². The van der Waals surface area contributed by atoms with Gasteiger partial charge in [-0.1, -0.05) is 13.8 Å². The quantitative estimate of drug-likeness (QED) is 0.116. The molecule has 5 heterocycles. The van der Waals surface area contributed by atoms with Gasteiger partial charge in [-0.05, 0) is 86.3 Å². The van der Waals surface area contributed by atoms with Crippen LogP contribution in [0.3, 0.4) is 0 Å². The zero-order chi connectivity index (χ0) is 36.3. The molecule has 4 N–H and O–H groups in total. The smallest absolute Gasteiger partial charge is 0.303 e. The Kier molecular flexibility index (Phi) is 8.92. The SMILES string of the molecule is CCC1=C(C)C2=NC1=CC1=C(C)C3=C(O)CC(=C4NC(=CC5=NC(=C2)C(C(O)CSc2ccc([N+](=O)[O-])cc2)=C5C)[C@@H](C)[C@@H]4CCC(=O)O)C3=N1. The van der Waals surface area contributed by atoms with Crippen LogP contribution in [0.5, 0.6) is 0 Å². The Balaban J connectivity index is 1.36. The molecule has 7 rings (SSSR count). The van der Waals surface area contributed by atoms with E-state index in [9.17, 15) is 30.2 Å². The minimum Gasteiger partial charge on any atom is -0.511 e. The molecule has 5 aliphatic heterocycles. The Hall–Kier alpha value is -5.07. The van der Waals surface area contributed by atoms with Crippen molar-refractivity contribution in [2.24, 2.45) is 26.8 Å². The molecular weight excluding hydrogens is 667 g/mol. The number of benzene rings is 1. The van der Waals surface area contributed by atoms with Gasteiger partial charge < -0.3 is 20.6 Å². The van der Waals surface area contributed by atoms with Gasteiger partial charge in [0.25, 0.3) is 5.69 Å². The highest BCUT2D eigenvalue weighted by molar-refractivity contribution is 7.99. The summed E-state index contributed by atoms with van der Waals surface area (Å²) in [5.74, 6) is -0.563. The number of aliphatic imine (C=N–C) groups is 3. The summed E-state index contributed by atoms with van der Waals surface area (Å²) in [6, 6.07) is 6.27. The van der Waals surface area contributed by atoms with E-state index in [0.717, 1.165) is 73.3 Å². The molecule has 1 aliphatic carbocycles. The van der Waals surface area contributed by atoms with Crippen LogP contribution in [-0.2, 0) is 4.79 Å². The molecule has 1 unspecified atom stereocenters. The van der Waals surface area contributed by atoms with Gasteiger partial charge in [0.05, 0.1) is 45.3 Å². The monoisotopic (exact) mass is 705 g/mol. The second-order valence-electron chi connectivity index (χ2n) is 13.5. The maximum atomic E-state index is 11.7. The predicted molar refractivity (Wildman–Crippen MR) is 199 cm³/mol. The molecule has 1 saturated heterocycles. The molecule has 0 amide bonds. The molecule has 0 spiro atoms. The van der Waals surface area contributed by atoms with E-state index in [2.05, 4.69) is 19.2 Å². The number of rotatable bonds is 9. The largest absolute Gasteiger partial charge is 0.511 e. The van der Waals surface area contributed by atoms with Crippen LogP contribution in [0.15, 0.2) is 136 Å². The fourth-order valence-corrected chi connectivity index (χ4v) is 8.59. The molecule has 262 valence electrons. The first-order chi connectivity index (χ1) is 24.4. The molecule has 0 radical (unpaired) electrons. The van der Waals surface area contributed by atoms with Gasteiger partial charge in [0.15, 0.2) is 0 Å². The summed E-state index contributed by atoms with van der Waals surface area (Å²) < 4.78 is 0. The topological polar surface area (TPSA) is 170 Å². The second-order valence-corrected chi connectivity index (χ2v) is 14.6. The Labute approximate surface area is 299 Å². The van der Waals surface area contributed by atoms with Gasteiger partial charge in [0.2, 0.25) is 0 Å². The van der Waals surface area contributed by atoms with E-state index in [1.807, 2.05) is 39.0 Å². The van der Waals surface area contributed by atoms with E-state index in [1.165, 1.54) is 23.9 Å². The van der Waals surface area contributed by atoms with Crippen molar-refractivity contribution in [3.8, 4) is 0 Å². The van der Waals surface area contributed by atoms with Gasteiger partial charge >= 0.3 is 5.97 Å². The molecule has 12 heteroatoms. The van der Waals surface area contributed by atoms with Crippen molar-refractivity contribution in [2.45, 2.75) is 71.3 Å². The van der Waals surface area contributed by atoms with Gasteiger partial charge in [-0.3, -0.25) is 14.9 Å². The number of aliphatic carboxylic acids is 1. The summed E-state index contributed by atoms with van der Waals surface area (Å²) in [5.41, 5.74) is 12.0. The number of carbonyl (C=O) groups is 1. The highest BCUT2D eigenvalue weighted by Crippen LogP contribution is 2.46. The molecule has 0 saturated carbocycles. The average Bonchev–Trinajstić information content (AvgIpc) is 3.85. The maximum absolute atomic E-state index is 11.7.